The molecule has 2 N–H and O–H groups in total. The maximum Gasteiger partial charge on any atom is 0.254 e. The van der Waals surface area contributed by atoms with Gasteiger partial charge in [-0.3, -0.25) is 9.59 Å². The van der Waals surface area contributed by atoms with Gasteiger partial charge in [0.05, 0.1) is 5.56 Å². The van der Waals surface area contributed by atoms with Crippen LogP contribution in [0.15, 0.2) is 35.1 Å². The van der Waals surface area contributed by atoms with Gasteiger partial charge in [-0.15, -0.1) is 0 Å². The van der Waals surface area contributed by atoms with Gasteiger partial charge in [-0.05, 0) is 43.8 Å². The number of pyridine rings is 1. The van der Waals surface area contributed by atoms with Crippen molar-refractivity contribution >= 4 is 16.8 Å². The Morgan fingerprint density at radius 2 is 1.78 bits per heavy atom. The van der Waals surface area contributed by atoms with Gasteiger partial charge in [0, 0.05) is 30.1 Å². The molecule has 0 radical (unpaired) electrons. The molecule has 5 nitrogen and oxygen atoms in total. The van der Waals surface area contributed by atoms with Crippen LogP contribution in [-0.4, -0.2) is 42.0 Å². The number of aromatic nitrogens is 1. The standard InChI is InChI=1S/C18H21N3O2/c22-17-9-15(14-3-1-2-4-16(14)20-17)18(23)21-7-5-12-10-19-11-13(12)6-8-21/h1-4,9,12-13,19H,5-8,10-11H2,(H,20,22)/t12-,13+. The van der Waals surface area contributed by atoms with Gasteiger partial charge in [-0.2, -0.15) is 0 Å². The predicted octanol–water partition coefficient (Wildman–Crippen LogP) is 1.60. The van der Waals surface area contributed by atoms with Crippen LogP contribution in [0.4, 0.5) is 0 Å². The summed E-state index contributed by atoms with van der Waals surface area (Å²) in [5, 5.41) is 4.27. The molecule has 2 atom stereocenters. The third-order valence-electron chi connectivity index (χ3n) is 5.29. The number of amides is 1. The Morgan fingerprint density at radius 3 is 2.52 bits per heavy atom. The molecular weight excluding hydrogens is 290 g/mol. The lowest BCUT2D eigenvalue weighted by Crippen LogP contribution is -2.33. The molecule has 2 aliphatic rings. The SMILES string of the molecule is O=C(c1cc(=O)[nH]c2ccccc12)N1CC[C@@H]2CNC[C@@H]2CC1. The fraction of sp³-hybridized carbons (Fsp3) is 0.444. The van der Waals surface area contributed by atoms with E-state index in [1.54, 1.807) is 0 Å². The summed E-state index contributed by atoms with van der Waals surface area (Å²) in [5.74, 6) is 1.35. The van der Waals surface area contributed by atoms with Crippen LogP contribution in [-0.2, 0) is 0 Å². The fourth-order valence-corrected chi connectivity index (χ4v) is 3.97. The summed E-state index contributed by atoms with van der Waals surface area (Å²) in [4.78, 5) is 29.6. The van der Waals surface area contributed by atoms with E-state index >= 15 is 0 Å². The molecule has 0 aliphatic carbocycles. The molecule has 23 heavy (non-hydrogen) atoms. The monoisotopic (exact) mass is 311 g/mol. The van der Waals surface area contributed by atoms with Crippen molar-refractivity contribution in [3.8, 4) is 0 Å². The van der Waals surface area contributed by atoms with Crippen molar-refractivity contribution in [2.45, 2.75) is 12.8 Å². The minimum atomic E-state index is -0.219. The van der Waals surface area contributed by atoms with E-state index in [-0.39, 0.29) is 11.5 Å². The van der Waals surface area contributed by atoms with Crippen molar-refractivity contribution in [2.24, 2.45) is 11.8 Å². The van der Waals surface area contributed by atoms with E-state index in [9.17, 15) is 9.59 Å². The highest BCUT2D eigenvalue weighted by molar-refractivity contribution is 6.05. The minimum absolute atomic E-state index is 0.0137. The second-order valence-corrected chi connectivity index (χ2v) is 6.64. The van der Waals surface area contributed by atoms with E-state index in [2.05, 4.69) is 10.3 Å². The average molecular weight is 311 g/mol. The van der Waals surface area contributed by atoms with Crippen molar-refractivity contribution in [3.63, 3.8) is 0 Å². The molecule has 1 aromatic carbocycles. The molecule has 2 aliphatic heterocycles. The number of nitrogens with one attached hydrogen (secondary N) is 2. The Labute approximate surface area is 134 Å². The van der Waals surface area contributed by atoms with Crippen LogP contribution >= 0.6 is 0 Å². The Bertz CT molecular complexity index is 784. The van der Waals surface area contributed by atoms with E-state index in [1.165, 1.54) is 6.07 Å². The summed E-state index contributed by atoms with van der Waals surface area (Å²) in [6.07, 6.45) is 2.09. The lowest BCUT2D eigenvalue weighted by atomic mass is 9.92. The number of rotatable bonds is 1. The minimum Gasteiger partial charge on any atom is -0.339 e. The van der Waals surface area contributed by atoms with Crippen LogP contribution in [0.2, 0.25) is 0 Å². The van der Waals surface area contributed by atoms with E-state index < -0.39 is 0 Å². The number of aromatic amines is 1. The predicted molar refractivity (Wildman–Crippen MR) is 89.6 cm³/mol. The number of nitrogens with zero attached hydrogens (tertiary/aromatic N) is 1. The largest absolute Gasteiger partial charge is 0.339 e. The number of hydrogen-bond acceptors (Lipinski definition) is 3. The first-order valence-corrected chi connectivity index (χ1v) is 8.34. The van der Waals surface area contributed by atoms with Gasteiger partial charge in [-0.25, -0.2) is 0 Å². The number of carbonyl (C=O) groups excluding carboxylic acids is 1. The first-order chi connectivity index (χ1) is 11.2. The third kappa shape index (κ3) is 2.65. The second-order valence-electron chi connectivity index (χ2n) is 6.64. The van der Waals surface area contributed by atoms with Crippen LogP contribution in [0.3, 0.4) is 0 Å². The lowest BCUT2D eigenvalue weighted by molar-refractivity contribution is 0.0760. The fourth-order valence-electron chi connectivity index (χ4n) is 3.97. The van der Waals surface area contributed by atoms with Crippen LogP contribution in [0, 0.1) is 11.8 Å². The Kier molecular flexibility index (Phi) is 3.65. The summed E-state index contributed by atoms with van der Waals surface area (Å²) in [7, 11) is 0. The molecule has 5 heteroatoms. The number of carbonyl (C=O) groups is 1. The summed E-state index contributed by atoms with van der Waals surface area (Å²) in [6, 6.07) is 8.95. The molecule has 120 valence electrons. The first kappa shape index (κ1) is 14.5. The molecule has 2 saturated heterocycles. The van der Waals surface area contributed by atoms with Gasteiger partial charge in [0.1, 0.15) is 0 Å². The van der Waals surface area contributed by atoms with Crippen molar-refractivity contribution in [1.29, 1.82) is 0 Å². The summed E-state index contributed by atoms with van der Waals surface area (Å²) in [5.41, 5.74) is 1.02. The van der Waals surface area contributed by atoms with Crippen molar-refractivity contribution in [3.05, 3.63) is 46.2 Å². The molecule has 0 bridgehead atoms. The number of hydrogen-bond donors (Lipinski definition) is 2. The molecule has 2 aromatic rings. The number of para-hydroxylation sites is 1. The molecule has 0 spiro atoms. The topological polar surface area (TPSA) is 65.2 Å². The van der Waals surface area contributed by atoms with E-state index in [1.807, 2.05) is 29.2 Å². The quantitative estimate of drug-likeness (QED) is 0.841. The van der Waals surface area contributed by atoms with Crippen LogP contribution in [0.5, 0.6) is 0 Å². The van der Waals surface area contributed by atoms with Crippen LogP contribution < -0.4 is 10.9 Å². The molecule has 0 unspecified atom stereocenters. The Morgan fingerprint density at radius 1 is 1.09 bits per heavy atom. The number of fused-ring (bicyclic) bond motifs is 2. The molecule has 4 rings (SSSR count). The number of H-pyrrole nitrogens is 1. The molecule has 3 heterocycles. The summed E-state index contributed by atoms with van der Waals surface area (Å²) in [6.45, 7) is 3.70. The highest BCUT2D eigenvalue weighted by Crippen LogP contribution is 2.28. The molecule has 1 amide bonds. The molecule has 0 saturated carbocycles. The van der Waals surface area contributed by atoms with Crippen molar-refractivity contribution in [2.75, 3.05) is 26.2 Å². The molecule has 1 aromatic heterocycles. The van der Waals surface area contributed by atoms with Gasteiger partial charge in [0.15, 0.2) is 0 Å². The van der Waals surface area contributed by atoms with E-state index in [4.69, 9.17) is 0 Å². The Balaban J connectivity index is 1.65. The zero-order valence-corrected chi connectivity index (χ0v) is 13.0. The highest BCUT2D eigenvalue weighted by Gasteiger charge is 2.32. The number of benzene rings is 1. The normalized spacial score (nSPS) is 24.4. The molecular formula is C18H21N3O2. The average Bonchev–Trinajstić information content (AvgIpc) is 2.92. The maximum atomic E-state index is 13.0. The van der Waals surface area contributed by atoms with Gasteiger partial charge < -0.3 is 15.2 Å². The third-order valence-corrected chi connectivity index (χ3v) is 5.29. The maximum absolute atomic E-state index is 13.0. The zero-order chi connectivity index (χ0) is 15.8. The molecule has 2 fully saturated rings. The second kappa shape index (κ2) is 5.81. The van der Waals surface area contributed by atoms with Crippen molar-refractivity contribution in [1.82, 2.24) is 15.2 Å². The smallest absolute Gasteiger partial charge is 0.254 e. The Hall–Kier alpha value is -2.14. The van der Waals surface area contributed by atoms with Gasteiger partial charge in [0.25, 0.3) is 5.91 Å². The van der Waals surface area contributed by atoms with Crippen LogP contribution in [0.1, 0.15) is 23.2 Å². The lowest BCUT2D eigenvalue weighted by Gasteiger charge is -2.21. The van der Waals surface area contributed by atoms with Crippen LogP contribution in [0.25, 0.3) is 10.9 Å². The number of likely N-dealkylation sites (tertiary alicyclic amines) is 1. The first-order valence-electron chi connectivity index (χ1n) is 8.34. The van der Waals surface area contributed by atoms with Crippen molar-refractivity contribution < 1.29 is 4.79 Å². The highest BCUT2D eigenvalue weighted by atomic mass is 16.2. The van der Waals surface area contributed by atoms with Gasteiger partial charge >= 0.3 is 0 Å². The van der Waals surface area contributed by atoms with Gasteiger partial charge in [0.2, 0.25) is 5.56 Å². The summed E-state index contributed by atoms with van der Waals surface area (Å²) < 4.78 is 0. The zero-order valence-electron chi connectivity index (χ0n) is 13.0. The summed E-state index contributed by atoms with van der Waals surface area (Å²) >= 11 is 0. The van der Waals surface area contributed by atoms with E-state index in [0.717, 1.165) is 49.9 Å². The van der Waals surface area contributed by atoms with E-state index in [0.29, 0.717) is 17.4 Å². The van der Waals surface area contributed by atoms with Gasteiger partial charge in [-0.1, -0.05) is 18.2 Å².